The molecule has 0 unspecified atom stereocenters. The topological polar surface area (TPSA) is 129 Å². The van der Waals surface area contributed by atoms with Gasteiger partial charge in [-0.1, -0.05) is 0 Å². The lowest BCUT2D eigenvalue weighted by atomic mass is 10.4. The number of carbonyl (C=O) groups excluding carboxylic acids is 1. The summed E-state index contributed by atoms with van der Waals surface area (Å²) in [6, 6.07) is 0. The SMILES string of the molecule is CNc1nc(-n2ccnc2)nc(-n2cc(C(N)=O)cn2)n1. The van der Waals surface area contributed by atoms with Crippen molar-refractivity contribution in [3.63, 3.8) is 0 Å². The molecule has 10 nitrogen and oxygen atoms in total. The number of imidazole rings is 1. The van der Waals surface area contributed by atoms with E-state index in [0.29, 0.717) is 11.9 Å². The zero-order valence-corrected chi connectivity index (χ0v) is 11.0. The van der Waals surface area contributed by atoms with E-state index in [-0.39, 0.29) is 11.5 Å². The fourth-order valence-corrected chi connectivity index (χ4v) is 1.62. The summed E-state index contributed by atoms with van der Waals surface area (Å²) in [6.07, 6.45) is 7.69. The van der Waals surface area contributed by atoms with Gasteiger partial charge in [-0.3, -0.25) is 9.36 Å². The zero-order valence-electron chi connectivity index (χ0n) is 11.0. The maximum Gasteiger partial charge on any atom is 0.257 e. The third kappa shape index (κ3) is 2.41. The summed E-state index contributed by atoms with van der Waals surface area (Å²) < 4.78 is 2.98. The van der Waals surface area contributed by atoms with Gasteiger partial charge in [0.25, 0.3) is 11.9 Å². The first-order valence-corrected chi connectivity index (χ1v) is 5.94. The molecule has 0 aromatic carbocycles. The normalized spacial score (nSPS) is 10.5. The number of primary amides is 1. The third-order valence-corrected chi connectivity index (χ3v) is 2.64. The highest BCUT2D eigenvalue weighted by Gasteiger charge is 2.11. The van der Waals surface area contributed by atoms with Gasteiger partial charge in [0.15, 0.2) is 0 Å². The van der Waals surface area contributed by atoms with Gasteiger partial charge in [-0.15, -0.1) is 0 Å². The van der Waals surface area contributed by atoms with E-state index >= 15 is 0 Å². The molecular weight excluding hydrogens is 274 g/mol. The van der Waals surface area contributed by atoms with Crippen LogP contribution < -0.4 is 11.1 Å². The number of nitrogens with two attached hydrogens (primary N) is 1. The van der Waals surface area contributed by atoms with E-state index < -0.39 is 5.91 Å². The van der Waals surface area contributed by atoms with E-state index in [1.54, 1.807) is 30.3 Å². The van der Waals surface area contributed by atoms with Crippen molar-refractivity contribution in [2.45, 2.75) is 0 Å². The predicted octanol–water partition coefficient (Wildman–Crippen LogP) is -0.616. The number of nitrogens with one attached hydrogen (secondary N) is 1. The Bertz CT molecular complexity index is 777. The average molecular weight is 285 g/mol. The van der Waals surface area contributed by atoms with E-state index in [2.05, 4.69) is 30.4 Å². The van der Waals surface area contributed by atoms with Gasteiger partial charge in [-0.05, 0) is 0 Å². The number of aromatic nitrogens is 7. The second-order valence-corrected chi connectivity index (χ2v) is 4.02. The molecule has 3 aromatic heterocycles. The lowest BCUT2D eigenvalue weighted by Gasteiger charge is -2.06. The first-order valence-electron chi connectivity index (χ1n) is 5.94. The van der Waals surface area contributed by atoms with E-state index in [0.717, 1.165) is 0 Å². The first kappa shape index (κ1) is 12.7. The summed E-state index contributed by atoms with van der Waals surface area (Å²) in [5.41, 5.74) is 5.47. The molecule has 3 rings (SSSR count). The maximum atomic E-state index is 11.1. The molecule has 0 saturated carbocycles. The monoisotopic (exact) mass is 285 g/mol. The van der Waals surface area contributed by atoms with Gasteiger partial charge in [0.05, 0.1) is 11.8 Å². The molecule has 0 aliphatic rings. The number of hydrogen-bond donors (Lipinski definition) is 2. The Morgan fingerprint density at radius 1 is 1.29 bits per heavy atom. The van der Waals surface area contributed by atoms with Crippen LogP contribution in [0.15, 0.2) is 31.1 Å². The minimum Gasteiger partial charge on any atom is -0.366 e. The van der Waals surface area contributed by atoms with Crippen molar-refractivity contribution in [1.29, 1.82) is 0 Å². The number of carbonyl (C=O) groups is 1. The molecule has 0 spiro atoms. The summed E-state index contributed by atoms with van der Waals surface area (Å²) in [5, 5.41) is 6.86. The van der Waals surface area contributed by atoms with Crippen LogP contribution in [0.2, 0.25) is 0 Å². The van der Waals surface area contributed by atoms with Crippen molar-refractivity contribution in [3.05, 3.63) is 36.7 Å². The minimum atomic E-state index is -0.570. The summed E-state index contributed by atoms with van der Waals surface area (Å²) in [4.78, 5) is 27.7. The molecular formula is C11H11N9O. The Morgan fingerprint density at radius 3 is 2.71 bits per heavy atom. The molecule has 3 heterocycles. The standard InChI is InChI=1S/C11H11N9O/c1-13-9-16-10(19-3-2-14-6-19)18-11(17-9)20-5-7(4-15-20)8(12)21/h2-6H,1H3,(H2,12,21)(H,13,16,17,18). The van der Waals surface area contributed by atoms with Crippen molar-refractivity contribution in [2.24, 2.45) is 5.73 Å². The van der Waals surface area contributed by atoms with E-state index in [9.17, 15) is 4.79 Å². The molecule has 0 aliphatic heterocycles. The first-order chi connectivity index (χ1) is 10.2. The Kier molecular flexibility index (Phi) is 3.03. The van der Waals surface area contributed by atoms with E-state index in [4.69, 9.17) is 5.73 Å². The molecule has 3 aromatic rings. The maximum absolute atomic E-state index is 11.1. The molecule has 0 aliphatic carbocycles. The molecule has 0 saturated heterocycles. The van der Waals surface area contributed by atoms with E-state index in [1.165, 1.54) is 17.1 Å². The zero-order chi connectivity index (χ0) is 14.8. The third-order valence-electron chi connectivity index (χ3n) is 2.64. The Balaban J connectivity index is 2.09. The molecule has 106 valence electrons. The average Bonchev–Trinajstić information content (AvgIpc) is 3.18. The van der Waals surface area contributed by atoms with Crippen LogP contribution in [-0.4, -0.2) is 47.2 Å². The van der Waals surface area contributed by atoms with Crippen molar-refractivity contribution < 1.29 is 4.79 Å². The van der Waals surface area contributed by atoms with Crippen molar-refractivity contribution in [1.82, 2.24) is 34.3 Å². The molecule has 0 bridgehead atoms. The lowest BCUT2D eigenvalue weighted by Crippen LogP contribution is -2.12. The lowest BCUT2D eigenvalue weighted by molar-refractivity contribution is 0.100. The van der Waals surface area contributed by atoms with Crippen LogP contribution in [0.25, 0.3) is 11.9 Å². The van der Waals surface area contributed by atoms with E-state index in [1.807, 2.05) is 0 Å². The molecule has 0 atom stereocenters. The molecule has 0 radical (unpaired) electrons. The van der Waals surface area contributed by atoms with Crippen LogP contribution in [0.1, 0.15) is 10.4 Å². The summed E-state index contributed by atoms with van der Waals surface area (Å²) in [6.45, 7) is 0. The van der Waals surface area contributed by atoms with Crippen LogP contribution in [0.5, 0.6) is 0 Å². The fraction of sp³-hybridized carbons (Fsp3) is 0.0909. The quantitative estimate of drug-likeness (QED) is 0.653. The second-order valence-electron chi connectivity index (χ2n) is 4.02. The highest BCUT2D eigenvalue weighted by atomic mass is 16.1. The predicted molar refractivity (Wildman–Crippen MR) is 72.1 cm³/mol. The Labute approximate surface area is 118 Å². The highest BCUT2D eigenvalue weighted by Crippen LogP contribution is 2.09. The van der Waals surface area contributed by atoms with Crippen LogP contribution in [0.3, 0.4) is 0 Å². The van der Waals surface area contributed by atoms with Crippen molar-refractivity contribution in [2.75, 3.05) is 12.4 Å². The van der Waals surface area contributed by atoms with Crippen LogP contribution in [0.4, 0.5) is 5.95 Å². The van der Waals surface area contributed by atoms with Gasteiger partial charge in [0.2, 0.25) is 11.9 Å². The number of hydrogen-bond acceptors (Lipinski definition) is 7. The smallest absolute Gasteiger partial charge is 0.257 e. The number of amides is 1. The summed E-state index contributed by atoms with van der Waals surface area (Å²) in [7, 11) is 1.69. The van der Waals surface area contributed by atoms with Crippen LogP contribution in [0, 0.1) is 0 Å². The van der Waals surface area contributed by atoms with Gasteiger partial charge in [0.1, 0.15) is 6.33 Å². The van der Waals surface area contributed by atoms with Gasteiger partial charge < -0.3 is 11.1 Å². The summed E-state index contributed by atoms with van der Waals surface area (Å²) >= 11 is 0. The van der Waals surface area contributed by atoms with Crippen molar-refractivity contribution in [3.8, 4) is 11.9 Å². The molecule has 0 fully saturated rings. The molecule has 1 amide bonds. The Hall–Kier alpha value is -3.30. The fourth-order valence-electron chi connectivity index (χ4n) is 1.62. The Morgan fingerprint density at radius 2 is 2.10 bits per heavy atom. The van der Waals surface area contributed by atoms with Gasteiger partial charge in [0, 0.05) is 25.6 Å². The minimum absolute atomic E-state index is 0.255. The largest absolute Gasteiger partial charge is 0.366 e. The van der Waals surface area contributed by atoms with Crippen LogP contribution >= 0.6 is 0 Å². The van der Waals surface area contributed by atoms with Crippen molar-refractivity contribution >= 4 is 11.9 Å². The number of anilines is 1. The van der Waals surface area contributed by atoms with Gasteiger partial charge >= 0.3 is 0 Å². The molecule has 10 heteroatoms. The van der Waals surface area contributed by atoms with Gasteiger partial charge in [-0.25, -0.2) is 9.67 Å². The number of rotatable bonds is 4. The van der Waals surface area contributed by atoms with Crippen LogP contribution in [-0.2, 0) is 0 Å². The molecule has 3 N–H and O–H groups in total. The molecule has 21 heavy (non-hydrogen) atoms. The summed E-state index contributed by atoms with van der Waals surface area (Å²) in [5.74, 6) is 0.419. The second kappa shape index (κ2) is 5.00. The van der Waals surface area contributed by atoms with Gasteiger partial charge in [-0.2, -0.15) is 20.1 Å². The highest BCUT2D eigenvalue weighted by molar-refractivity contribution is 5.92. The number of nitrogens with zero attached hydrogens (tertiary/aromatic N) is 7.